The van der Waals surface area contributed by atoms with Gasteiger partial charge in [-0.3, -0.25) is 9.48 Å². The Morgan fingerprint density at radius 2 is 2.09 bits per heavy atom. The zero-order valence-corrected chi connectivity index (χ0v) is 12.6. The van der Waals surface area contributed by atoms with Crippen molar-refractivity contribution in [3.05, 3.63) is 64.0 Å². The van der Waals surface area contributed by atoms with Gasteiger partial charge in [-0.05, 0) is 17.7 Å². The first-order valence-electron chi connectivity index (χ1n) is 6.60. The lowest BCUT2D eigenvalue weighted by Crippen LogP contribution is -2.10. The third kappa shape index (κ3) is 3.37. The van der Waals surface area contributed by atoms with Crippen LogP contribution in [-0.4, -0.2) is 20.7 Å². The summed E-state index contributed by atoms with van der Waals surface area (Å²) < 4.78 is 14.5. The van der Waals surface area contributed by atoms with Gasteiger partial charge in [-0.2, -0.15) is 5.10 Å². The molecule has 0 aliphatic heterocycles. The standard InChI is InChI=1S/C15H13FN4OS/c1-20-7-6-13(19-20)18-15(21)12-9-17-14(22-12)8-10-2-4-11(16)5-3-10/h2-7,9H,8H2,1H3,(H,18,19,21). The van der Waals surface area contributed by atoms with Crippen LogP contribution in [0.3, 0.4) is 0 Å². The monoisotopic (exact) mass is 316 g/mol. The van der Waals surface area contributed by atoms with E-state index in [0.717, 1.165) is 10.6 Å². The van der Waals surface area contributed by atoms with Gasteiger partial charge in [0.1, 0.15) is 10.7 Å². The van der Waals surface area contributed by atoms with Crippen molar-refractivity contribution in [1.82, 2.24) is 14.8 Å². The first-order valence-corrected chi connectivity index (χ1v) is 7.42. The van der Waals surface area contributed by atoms with Crippen LogP contribution in [0.4, 0.5) is 10.2 Å². The summed E-state index contributed by atoms with van der Waals surface area (Å²) >= 11 is 1.31. The summed E-state index contributed by atoms with van der Waals surface area (Å²) in [5.74, 6) is 0.000794. The molecule has 0 saturated carbocycles. The summed E-state index contributed by atoms with van der Waals surface area (Å²) in [6, 6.07) is 7.97. The van der Waals surface area contributed by atoms with Gasteiger partial charge in [0.15, 0.2) is 5.82 Å². The number of nitrogens with one attached hydrogen (secondary N) is 1. The van der Waals surface area contributed by atoms with Gasteiger partial charge in [0, 0.05) is 25.7 Å². The van der Waals surface area contributed by atoms with Gasteiger partial charge in [-0.25, -0.2) is 9.37 Å². The normalized spacial score (nSPS) is 10.6. The van der Waals surface area contributed by atoms with Crippen LogP contribution < -0.4 is 5.32 Å². The lowest BCUT2D eigenvalue weighted by molar-refractivity contribution is 0.103. The molecule has 7 heteroatoms. The molecule has 1 amide bonds. The van der Waals surface area contributed by atoms with Crippen LogP contribution in [-0.2, 0) is 13.5 Å². The Bertz CT molecular complexity index is 794. The summed E-state index contributed by atoms with van der Waals surface area (Å²) in [6.07, 6.45) is 3.87. The molecule has 0 atom stereocenters. The van der Waals surface area contributed by atoms with Crippen LogP contribution in [0.2, 0.25) is 0 Å². The molecule has 0 aliphatic carbocycles. The van der Waals surface area contributed by atoms with Crippen molar-refractivity contribution < 1.29 is 9.18 Å². The number of nitrogens with zero attached hydrogens (tertiary/aromatic N) is 3. The van der Waals surface area contributed by atoms with E-state index in [9.17, 15) is 9.18 Å². The predicted octanol–water partition coefficient (Wildman–Crippen LogP) is 2.86. The minimum atomic E-state index is -0.265. The highest BCUT2D eigenvalue weighted by Crippen LogP contribution is 2.18. The zero-order chi connectivity index (χ0) is 15.5. The van der Waals surface area contributed by atoms with E-state index in [1.54, 1.807) is 42.3 Å². The van der Waals surface area contributed by atoms with Crippen molar-refractivity contribution in [2.45, 2.75) is 6.42 Å². The number of benzene rings is 1. The van der Waals surface area contributed by atoms with E-state index in [0.29, 0.717) is 17.1 Å². The Hall–Kier alpha value is -2.54. The molecule has 22 heavy (non-hydrogen) atoms. The maximum atomic E-state index is 12.9. The minimum absolute atomic E-state index is 0.235. The molecule has 0 saturated heterocycles. The number of rotatable bonds is 4. The Balaban J connectivity index is 1.67. The molecule has 1 aromatic carbocycles. The van der Waals surface area contributed by atoms with E-state index in [4.69, 9.17) is 0 Å². The maximum absolute atomic E-state index is 12.9. The van der Waals surface area contributed by atoms with Crippen LogP contribution in [0.15, 0.2) is 42.7 Å². The molecule has 0 fully saturated rings. The molecule has 0 spiro atoms. The van der Waals surface area contributed by atoms with Crippen LogP contribution in [0, 0.1) is 5.82 Å². The molecule has 1 N–H and O–H groups in total. The number of aryl methyl sites for hydroxylation is 1. The van der Waals surface area contributed by atoms with Crippen molar-refractivity contribution >= 4 is 23.1 Å². The van der Waals surface area contributed by atoms with Crippen molar-refractivity contribution in [1.29, 1.82) is 0 Å². The molecule has 0 unspecified atom stereocenters. The SMILES string of the molecule is Cn1ccc(NC(=O)c2cnc(Cc3ccc(F)cc3)s2)n1. The van der Waals surface area contributed by atoms with Crippen LogP contribution >= 0.6 is 11.3 Å². The second kappa shape index (κ2) is 6.07. The van der Waals surface area contributed by atoms with E-state index < -0.39 is 0 Å². The number of aromatic nitrogens is 3. The maximum Gasteiger partial charge on any atom is 0.268 e. The van der Waals surface area contributed by atoms with Gasteiger partial charge in [0.25, 0.3) is 5.91 Å². The fourth-order valence-corrected chi connectivity index (χ4v) is 2.78. The largest absolute Gasteiger partial charge is 0.304 e. The third-order valence-electron chi connectivity index (χ3n) is 3.00. The van der Waals surface area contributed by atoms with E-state index in [2.05, 4.69) is 15.4 Å². The number of carbonyl (C=O) groups excluding carboxylic acids is 1. The number of hydrogen-bond donors (Lipinski definition) is 1. The summed E-state index contributed by atoms with van der Waals surface area (Å²) in [5.41, 5.74) is 0.951. The highest BCUT2D eigenvalue weighted by atomic mass is 32.1. The fourth-order valence-electron chi connectivity index (χ4n) is 1.93. The third-order valence-corrected chi connectivity index (χ3v) is 4.00. The van der Waals surface area contributed by atoms with Crippen molar-refractivity contribution in [3.8, 4) is 0 Å². The average molecular weight is 316 g/mol. The first kappa shape index (κ1) is 14.4. The second-order valence-electron chi connectivity index (χ2n) is 4.75. The molecule has 0 aliphatic rings. The smallest absolute Gasteiger partial charge is 0.268 e. The topological polar surface area (TPSA) is 59.8 Å². The number of carbonyl (C=O) groups is 1. The first-order chi connectivity index (χ1) is 10.6. The zero-order valence-electron chi connectivity index (χ0n) is 11.8. The summed E-state index contributed by atoms with van der Waals surface area (Å²) in [7, 11) is 1.78. The number of anilines is 1. The van der Waals surface area contributed by atoms with E-state index >= 15 is 0 Å². The predicted molar refractivity (Wildman–Crippen MR) is 82.5 cm³/mol. The van der Waals surface area contributed by atoms with Crippen molar-refractivity contribution in [2.24, 2.45) is 7.05 Å². The molecular formula is C15H13FN4OS. The van der Waals surface area contributed by atoms with E-state index in [1.165, 1.54) is 23.5 Å². The number of hydrogen-bond acceptors (Lipinski definition) is 4. The minimum Gasteiger partial charge on any atom is -0.304 e. The fraction of sp³-hybridized carbons (Fsp3) is 0.133. The summed E-state index contributed by atoms with van der Waals surface area (Å²) in [6.45, 7) is 0. The molecular weight excluding hydrogens is 303 g/mol. The molecule has 112 valence electrons. The van der Waals surface area contributed by atoms with Gasteiger partial charge in [0.05, 0.1) is 11.2 Å². The molecule has 2 heterocycles. The molecule has 0 bridgehead atoms. The molecule has 5 nitrogen and oxygen atoms in total. The van der Waals surface area contributed by atoms with Crippen LogP contribution in [0.5, 0.6) is 0 Å². The van der Waals surface area contributed by atoms with E-state index in [-0.39, 0.29) is 11.7 Å². The lowest BCUT2D eigenvalue weighted by Gasteiger charge is -1.98. The Labute approximate surface area is 130 Å². The van der Waals surface area contributed by atoms with Gasteiger partial charge >= 0.3 is 0 Å². The Kier molecular flexibility index (Phi) is 3.97. The van der Waals surface area contributed by atoms with Gasteiger partial charge < -0.3 is 5.32 Å². The number of halogens is 1. The van der Waals surface area contributed by atoms with Gasteiger partial charge in [-0.1, -0.05) is 12.1 Å². The van der Waals surface area contributed by atoms with Crippen molar-refractivity contribution in [2.75, 3.05) is 5.32 Å². The molecule has 2 aromatic heterocycles. The van der Waals surface area contributed by atoms with Gasteiger partial charge in [0.2, 0.25) is 0 Å². The highest BCUT2D eigenvalue weighted by molar-refractivity contribution is 7.13. The Morgan fingerprint density at radius 1 is 1.32 bits per heavy atom. The summed E-state index contributed by atoms with van der Waals surface area (Å²) in [5, 5.41) is 7.61. The van der Waals surface area contributed by atoms with Crippen LogP contribution in [0.25, 0.3) is 0 Å². The second-order valence-corrected chi connectivity index (χ2v) is 5.87. The van der Waals surface area contributed by atoms with Gasteiger partial charge in [-0.15, -0.1) is 11.3 Å². The van der Waals surface area contributed by atoms with Crippen LogP contribution in [0.1, 0.15) is 20.2 Å². The van der Waals surface area contributed by atoms with E-state index in [1.807, 2.05) is 0 Å². The Morgan fingerprint density at radius 3 is 2.77 bits per heavy atom. The van der Waals surface area contributed by atoms with Crippen molar-refractivity contribution in [3.63, 3.8) is 0 Å². The highest BCUT2D eigenvalue weighted by Gasteiger charge is 2.12. The molecule has 3 aromatic rings. The molecule has 0 radical (unpaired) electrons. The molecule has 3 rings (SSSR count). The summed E-state index contributed by atoms with van der Waals surface area (Å²) in [4.78, 5) is 16.9. The lowest BCUT2D eigenvalue weighted by atomic mass is 10.2. The quantitative estimate of drug-likeness (QED) is 0.805. The number of thiazole rings is 1. The average Bonchev–Trinajstić information content (AvgIpc) is 3.11. The number of amides is 1.